The smallest absolute Gasteiger partial charge is 0.337 e. The highest BCUT2D eigenvalue weighted by Gasteiger charge is 2.50. The number of carbonyl (C=O) groups is 1. The van der Waals surface area contributed by atoms with Gasteiger partial charge in [0.1, 0.15) is 6.10 Å². The summed E-state index contributed by atoms with van der Waals surface area (Å²) >= 11 is 0. The fourth-order valence-corrected chi connectivity index (χ4v) is 4.21. The molecule has 0 amide bonds. The molecule has 2 fully saturated rings. The minimum absolute atomic E-state index is 0.0490. The Labute approximate surface area is 141 Å². The summed E-state index contributed by atoms with van der Waals surface area (Å²) in [5.41, 5.74) is 0.368. The average Bonchev–Trinajstić information content (AvgIpc) is 2.79. The molecule has 1 saturated carbocycles. The zero-order valence-electron chi connectivity index (χ0n) is 15.9. The van der Waals surface area contributed by atoms with E-state index in [1.165, 1.54) is 0 Å². The Balaban J connectivity index is 2.06. The Morgan fingerprint density at radius 2 is 1.74 bits per heavy atom. The van der Waals surface area contributed by atoms with Crippen LogP contribution in [0.15, 0.2) is 11.8 Å². The summed E-state index contributed by atoms with van der Waals surface area (Å²) in [6.45, 7) is 17.2. The van der Waals surface area contributed by atoms with Gasteiger partial charge in [-0.15, -0.1) is 0 Å². The van der Waals surface area contributed by atoms with Gasteiger partial charge in [0.05, 0.1) is 17.4 Å². The van der Waals surface area contributed by atoms with E-state index in [1.54, 1.807) is 6.26 Å². The molecule has 0 aromatic carbocycles. The lowest BCUT2D eigenvalue weighted by molar-refractivity contribution is -0.139. The van der Waals surface area contributed by atoms with E-state index >= 15 is 0 Å². The third kappa shape index (κ3) is 4.18. The third-order valence-electron chi connectivity index (χ3n) is 5.16. The zero-order chi connectivity index (χ0) is 17.6. The van der Waals surface area contributed by atoms with Gasteiger partial charge in [0.2, 0.25) is 0 Å². The van der Waals surface area contributed by atoms with Crippen LogP contribution in [0.25, 0.3) is 0 Å². The number of fused-ring (bicyclic) bond motifs is 1. The molecule has 132 valence electrons. The van der Waals surface area contributed by atoms with E-state index in [9.17, 15) is 4.79 Å². The molecule has 3 unspecified atom stereocenters. The van der Waals surface area contributed by atoms with Crippen LogP contribution in [-0.2, 0) is 18.7 Å². The van der Waals surface area contributed by atoms with Crippen molar-refractivity contribution in [3.8, 4) is 0 Å². The van der Waals surface area contributed by atoms with Crippen molar-refractivity contribution in [2.75, 3.05) is 0 Å². The molecule has 2 rings (SSSR count). The summed E-state index contributed by atoms with van der Waals surface area (Å²) in [7, 11) is -1.80. The minimum Gasteiger partial charge on any atom is -0.495 e. The second-order valence-electron chi connectivity index (χ2n) is 9.33. The fourth-order valence-electron chi connectivity index (χ4n) is 2.83. The summed E-state index contributed by atoms with van der Waals surface area (Å²) in [5.74, 6) is -0.116. The highest BCUT2D eigenvalue weighted by Crippen LogP contribution is 2.45. The van der Waals surface area contributed by atoms with Crippen LogP contribution >= 0.6 is 0 Å². The van der Waals surface area contributed by atoms with Crippen molar-refractivity contribution in [3.63, 3.8) is 0 Å². The summed E-state index contributed by atoms with van der Waals surface area (Å²) in [6.07, 6.45) is 3.39. The van der Waals surface area contributed by atoms with Crippen LogP contribution < -0.4 is 0 Å². The van der Waals surface area contributed by atoms with E-state index < -0.39 is 8.32 Å². The molecule has 23 heavy (non-hydrogen) atoms. The van der Waals surface area contributed by atoms with Crippen molar-refractivity contribution in [2.45, 2.75) is 90.3 Å². The average molecular weight is 341 g/mol. The molecule has 4 nitrogen and oxygen atoms in total. The van der Waals surface area contributed by atoms with Crippen LogP contribution in [0.5, 0.6) is 0 Å². The predicted molar refractivity (Wildman–Crippen MR) is 93.6 cm³/mol. The van der Waals surface area contributed by atoms with Crippen molar-refractivity contribution in [2.24, 2.45) is 5.92 Å². The van der Waals surface area contributed by atoms with Crippen molar-refractivity contribution in [3.05, 3.63) is 11.8 Å². The van der Waals surface area contributed by atoms with E-state index in [2.05, 4.69) is 33.9 Å². The molecule has 0 N–H and O–H groups in total. The molecule has 0 bridgehead atoms. The largest absolute Gasteiger partial charge is 0.495 e. The maximum absolute atomic E-state index is 12.1. The Morgan fingerprint density at radius 1 is 1.13 bits per heavy atom. The Kier molecular flexibility index (Phi) is 4.77. The van der Waals surface area contributed by atoms with Crippen LogP contribution in [0.3, 0.4) is 0 Å². The molecular weight excluding hydrogens is 308 g/mol. The topological polar surface area (TPSA) is 44.8 Å². The monoisotopic (exact) mass is 340 g/mol. The van der Waals surface area contributed by atoms with Gasteiger partial charge in [-0.25, -0.2) is 4.79 Å². The second-order valence-corrected chi connectivity index (χ2v) is 14.1. The quantitative estimate of drug-likeness (QED) is 0.330. The molecule has 3 atom stereocenters. The number of carbonyl (C=O) groups excluding carboxylic acids is 1. The highest BCUT2D eigenvalue weighted by atomic mass is 28.4. The van der Waals surface area contributed by atoms with Gasteiger partial charge >= 0.3 is 5.97 Å². The number of ether oxygens (including phenoxy) is 2. The first-order valence-corrected chi connectivity index (χ1v) is 11.5. The lowest BCUT2D eigenvalue weighted by Gasteiger charge is -2.38. The van der Waals surface area contributed by atoms with E-state index in [0.29, 0.717) is 5.57 Å². The number of esters is 1. The number of hydrogen-bond donors (Lipinski definition) is 0. The first-order chi connectivity index (χ1) is 10.3. The molecular formula is C18H32O4Si. The van der Waals surface area contributed by atoms with Gasteiger partial charge in [0.25, 0.3) is 0 Å². The molecule has 2 aliphatic rings. The molecule has 0 spiro atoms. The normalized spacial score (nSPS) is 30.5. The molecule has 1 saturated heterocycles. The van der Waals surface area contributed by atoms with Crippen LogP contribution in [0.1, 0.15) is 54.4 Å². The Hall–Kier alpha value is -0.813. The summed E-state index contributed by atoms with van der Waals surface area (Å²) in [4.78, 5) is 12.1. The molecule has 1 heterocycles. The van der Waals surface area contributed by atoms with Gasteiger partial charge in [-0.3, -0.25) is 0 Å². The highest BCUT2D eigenvalue weighted by molar-refractivity contribution is 6.74. The van der Waals surface area contributed by atoms with Crippen LogP contribution in [0.4, 0.5) is 0 Å². The van der Waals surface area contributed by atoms with Gasteiger partial charge < -0.3 is 13.9 Å². The van der Waals surface area contributed by atoms with Crippen molar-refractivity contribution in [1.82, 2.24) is 0 Å². The molecule has 1 aliphatic heterocycles. The van der Waals surface area contributed by atoms with Crippen molar-refractivity contribution < 1.29 is 18.7 Å². The maximum atomic E-state index is 12.1. The molecule has 0 radical (unpaired) electrons. The van der Waals surface area contributed by atoms with Crippen LogP contribution in [0.2, 0.25) is 18.1 Å². The Morgan fingerprint density at radius 3 is 2.26 bits per heavy atom. The standard InChI is InChI=1S/C18H32O4Si/c1-17(2,3)20-11-14-13-9-12(10-15(13)21-16(14)19)22-23(7,8)18(4,5)6/h11-13,15H,9-10H2,1-8H3/b14-11+. The van der Waals surface area contributed by atoms with Gasteiger partial charge in [-0.2, -0.15) is 0 Å². The second kappa shape index (κ2) is 5.92. The molecule has 0 aromatic heterocycles. The minimum atomic E-state index is -1.80. The number of hydrogen-bond acceptors (Lipinski definition) is 4. The molecule has 1 aliphatic carbocycles. The van der Waals surface area contributed by atoms with Gasteiger partial charge in [0, 0.05) is 18.4 Å². The lowest BCUT2D eigenvalue weighted by atomic mass is 9.99. The first-order valence-electron chi connectivity index (χ1n) is 8.57. The molecule has 0 aromatic rings. The van der Waals surface area contributed by atoms with Crippen molar-refractivity contribution in [1.29, 1.82) is 0 Å². The molecule has 5 heteroatoms. The predicted octanol–water partition coefficient (Wildman–Crippen LogP) is 4.41. The lowest BCUT2D eigenvalue weighted by Crippen LogP contribution is -2.43. The fraction of sp³-hybridized carbons (Fsp3) is 0.833. The van der Waals surface area contributed by atoms with Gasteiger partial charge in [-0.05, 0) is 45.3 Å². The van der Waals surface area contributed by atoms with E-state index in [0.717, 1.165) is 12.8 Å². The zero-order valence-corrected chi connectivity index (χ0v) is 16.9. The van der Waals surface area contributed by atoms with Crippen molar-refractivity contribution >= 4 is 14.3 Å². The number of rotatable bonds is 3. The van der Waals surface area contributed by atoms with E-state index in [1.807, 2.05) is 20.8 Å². The van der Waals surface area contributed by atoms with E-state index in [-0.39, 0.29) is 34.7 Å². The van der Waals surface area contributed by atoms with Gasteiger partial charge in [0.15, 0.2) is 8.32 Å². The third-order valence-corrected chi connectivity index (χ3v) is 9.70. The SMILES string of the molecule is CC(C)(C)O/C=C1/C(=O)OC2CC(O[Si](C)(C)C(C)(C)C)CC12. The maximum Gasteiger partial charge on any atom is 0.337 e. The van der Waals surface area contributed by atoms with Crippen LogP contribution in [-0.4, -0.2) is 32.1 Å². The van der Waals surface area contributed by atoms with Gasteiger partial charge in [-0.1, -0.05) is 20.8 Å². The van der Waals surface area contributed by atoms with E-state index in [4.69, 9.17) is 13.9 Å². The summed E-state index contributed by atoms with van der Waals surface area (Å²) in [6, 6.07) is 0. The summed E-state index contributed by atoms with van der Waals surface area (Å²) < 4.78 is 17.7. The Bertz CT molecular complexity index is 496. The summed E-state index contributed by atoms with van der Waals surface area (Å²) in [5, 5.41) is 0.190. The first kappa shape index (κ1) is 18.5. The van der Waals surface area contributed by atoms with Crippen LogP contribution in [0, 0.1) is 5.92 Å².